The van der Waals surface area contributed by atoms with Crippen LogP contribution < -0.4 is 0 Å². The van der Waals surface area contributed by atoms with E-state index in [9.17, 15) is 4.79 Å². The fourth-order valence-corrected chi connectivity index (χ4v) is 2.39. The molecule has 7 heteroatoms. The van der Waals surface area contributed by atoms with E-state index >= 15 is 0 Å². The molecule has 3 aromatic rings. The van der Waals surface area contributed by atoms with E-state index in [4.69, 9.17) is 14.0 Å². The number of hydrogen-bond donors (Lipinski definition) is 1. The van der Waals surface area contributed by atoms with Gasteiger partial charge in [0.05, 0.1) is 17.6 Å². The maximum Gasteiger partial charge on any atom is 0.335 e. The van der Waals surface area contributed by atoms with Crippen molar-refractivity contribution in [2.24, 2.45) is 0 Å². The zero-order valence-corrected chi connectivity index (χ0v) is 11.5. The van der Waals surface area contributed by atoms with Crippen molar-refractivity contribution in [1.82, 2.24) is 10.1 Å². The van der Waals surface area contributed by atoms with E-state index in [-0.39, 0.29) is 5.56 Å². The van der Waals surface area contributed by atoms with Crippen LogP contribution in [0.3, 0.4) is 0 Å². The third-order valence-electron chi connectivity index (χ3n) is 2.67. The largest absolute Gasteiger partial charge is 0.478 e. The molecule has 0 saturated carbocycles. The van der Waals surface area contributed by atoms with Crippen LogP contribution in [0.4, 0.5) is 0 Å². The number of furan rings is 1. The Hall–Kier alpha value is -2.54. The molecule has 0 saturated heterocycles. The number of aromatic nitrogens is 2. The number of rotatable bonds is 5. The van der Waals surface area contributed by atoms with Crippen LogP contribution in [-0.4, -0.2) is 21.2 Å². The van der Waals surface area contributed by atoms with Gasteiger partial charge in [0, 0.05) is 4.90 Å². The maximum atomic E-state index is 10.8. The summed E-state index contributed by atoms with van der Waals surface area (Å²) >= 11 is 1.48. The van der Waals surface area contributed by atoms with Gasteiger partial charge in [0.15, 0.2) is 5.76 Å². The number of carboxylic acids is 1. The molecule has 2 aromatic heterocycles. The minimum atomic E-state index is -0.938. The van der Waals surface area contributed by atoms with Crippen LogP contribution in [0, 0.1) is 0 Å². The number of benzene rings is 1. The highest BCUT2D eigenvalue weighted by molar-refractivity contribution is 7.98. The molecule has 3 rings (SSSR count). The van der Waals surface area contributed by atoms with Crippen LogP contribution in [0.2, 0.25) is 0 Å². The predicted molar refractivity (Wildman–Crippen MR) is 75.0 cm³/mol. The topological polar surface area (TPSA) is 89.4 Å². The van der Waals surface area contributed by atoms with Crippen molar-refractivity contribution in [1.29, 1.82) is 0 Å². The van der Waals surface area contributed by atoms with Gasteiger partial charge in [0.25, 0.3) is 0 Å². The highest BCUT2D eigenvalue weighted by Crippen LogP contribution is 2.24. The number of hydrogen-bond acceptors (Lipinski definition) is 6. The Balaban J connectivity index is 1.64. The fourth-order valence-electron chi connectivity index (χ4n) is 1.66. The highest BCUT2D eigenvalue weighted by atomic mass is 32.2. The summed E-state index contributed by atoms with van der Waals surface area (Å²) in [4.78, 5) is 15.9. The first-order chi connectivity index (χ1) is 10.2. The lowest BCUT2D eigenvalue weighted by molar-refractivity contribution is 0.0697. The van der Waals surface area contributed by atoms with E-state index in [0.717, 1.165) is 4.90 Å². The Labute approximate surface area is 123 Å². The van der Waals surface area contributed by atoms with Crippen molar-refractivity contribution in [3.8, 4) is 11.6 Å². The second-order valence-electron chi connectivity index (χ2n) is 4.11. The smallest absolute Gasteiger partial charge is 0.335 e. The number of carboxylic acid groups (broad SMARTS) is 1. The fraction of sp³-hybridized carbons (Fsp3) is 0.0714. The van der Waals surface area contributed by atoms with Gasteiger partial charge in [-0.15, -0.1) is 11.8 Å². The van der Waals surface area contributed by atoms with Crippen LogP contribution >= 0.6 is 11.8 Å². The van der Waals surface area contributed by atoms with Crippen LogP contribution in [0.15, 0.2) is 56.5 Å². The molecule has 0 atom stereocenters. The monoisotopic (exact) mass is 302 g/mol. The first-order valence-electron chi connectivity index (χ1n) is 6.05. The summed E-state index contributed by atoms with van der Waals surface area (Å²) in [5.74, 6) is 1.01. The van der Waals surface area contributed by atoms with Gasteiger partial charge in [0.2, 0.25) is 11.7 Å². The summed E-state index contributed by atoms with van der Waals surface area (Å²) in [6.45, 7) is 0. The molecule has 6 nitrogen and oxygen atoms in total. The van der Waals surface area contributed by atoms with Gasteiger partial charge >= 0.3 is 5.97 Å². The van der Waals surface area contributed by atoms with Crippen molar-refractivity contribution < 1.29 is 18.8 Å². The summed E-state index contributed by atoms with van der Waals surface area (Å²) in [5.41, 5.74) is 0.261. The molecule has 0 amide bonds. The molecule has 2 heterocycles. The molecular weight excluding hydrogens is 292 g/mol. The highest BCUT2D eigenvalue weighted by Gasteiger charge is 2.11. The summed E-state index contributed by atoms with van der Waals surface area (Å²) in [5, 5.41) is 12.7. The Kier molecular flexibility index (Phi) is 3.74. The summed E-state index contributed by atoms with van der Waals surface area (Å²) in [7, 11) is 0. The zero-order valence-electron chi connectivity index (χ0n) is 10.7. The summed E-state index contributed by atoms with van der Waals surface area (Å²) in [6, 6.07) is 10.1. The second kappa shape index (κ2) is 5.84. The van der Waals surface area contributed by atoms with Crippen LogP contribution in [0.5, 0.6) is 0 Å². The van der Waals surface area contributed by atoms with E-state index < -0.39 is 5.97 Å². The minimum absolute atomic E-state index is 0.261. The van der Waals surface area contributed by atoms with Crippen LogP contribution in [0.25, 0.3) is 11.6 Å². The molecule has 0 radical (unpaired) electrons. The van der Waals surface area contributed by atoms with Crippen molar-refractivity contribution in [2.75, 3.05) is 0 Å². The summed E-state index contributed by atoms with van der Waals surface area (Å²) < 4.78 is 10.3. The number of carbonyl (C=O) groups is 1. The van der Waals surface area contributed by atoms with E-state index in [1.807, 2.05) is 0 Å². The molecule has 0 aliphatic carbocycles. The molecule has 0 bridgehead atoms. The molecule has 0 spiro atoms. The lowest BCUT2D eigenvalue weighted by atomic mass is 10.2. The first-order valence-corrected chi connectivity index (χ1v) is 7.03. The van der Waals surface area contributed by atoms with Crippen molar-refractivity contribution in [3.05, 3.63) is 54.1 Å². The normalized spacial score (nSPS) is 10.7. The van der Waals surface area contributed by atoms with Crippen molar-refractivity contribution >= 4 is 17.7 Å². The van der Waals surface area contributed by atoms with Gasteiger partial charge in [-0.05, 0) is 36.4 Å². The number of nitrogens with zero attached hydrogens (tertiary/aromatic N) is 2. The first kappa shape index (κ1) is 13.4. The van der Waals surface area contributed by atoms with Crippen molar-refractivity contribution in [3.63, 3.8) is 0 Å². The summed E-state index contributed by atoms with van der Waals surface area (Å²) in [6.07, 6.45) is 1.55. The molecule has 0 aliphatic rings. The molecule has 0 unspecified atom stereocenters. The van der Waals surface area contributed by atoms with Gasteiger partial charge in [-0.25, -0.2) is 4.79 Å². The average molecular weight is 302 g/mol. The van der Waals surface area contributed by atoms with Gasteiger partial charge in [0.1, 0.15) is 0 Å². The molecule has 0 fully saturated rings. The zero-order chi connectivity index (χ0) is 14.7. The van der Waals surface area contributed by atoms with Crippen LogP contribution in [-0.2, 0) is 5.75 Å². The molecule has 21 heavy (non-hydrogen) atoms. The molecule has 106 valence electrons. The molecular formula is C14H10N2O4S. The molecule has 0 aliphatic heterocycles. The van der Waals surface area contributed by atoms with E-state index in [1.54, 1.807) is 42.7 Å². The lowest BCUT2D eigenvalue weighted by Gasteiger charge is -1.99. The van der Waals surface area contributed by atoms with Gasteiger partial charge < -0.3 is 14.0 Å². The number of aromatic carboxylic acids is 1. The molecule has 1 N–H and O–H groups in total. The van der Waals surface area contributed by atoms with E-state index in [1.165, 1.54) is 11.8 Å². The Morgan fingerprint density at radius 3 is 2.71 bits per heavy atom. The molecule has 1 aromatic carbocycles. The predicted octanol–water partition coefficient (Wildman–Crippen LogP) is 3.32. The van der Waals surface area contributed by atoms with Gasteiger partial charge in [-0.2, -0.15) is 4.98 Å². The maximum absolute atomic E-state index is 10.8. The van der Waals surface area contributed by atoms with E-state index in [0.29, 0.717) is 23.2 Å². The number of thioether (sulfide) groups is 1. The van der Waals surface area contributed by atoms with Gasteiger partial charge in [-0.1, -0.05) is 5.16 Å². The van der Waals surface area contributed by atoms with E-state index in [2.05, 4.69) is 10.1 Å². The second-order valence-corrected chi connectivity index (χ2v) is 5.16. The minimum Gasteiger partial charge on any atom is -0.478 e. The Bertz CT molecular complexity index is 735. The van der Waals surface area contributed by atoms with Crippen LogP contribution in [0.1, 0.15) is 16.2 Å². The lowest BCUT2D eigenvalue weighted by Crippen LogP contribution is -1.94. The standard InChI is InChI=1S/C14H10N2O4S/c17-14(18)9-3-5-10(6-4-9)21-8-12-15-13(16-20-12)11-2-1-7-19-11/h1-7H,8H2,(H,17,18). The third kappa shape index (κ3) is 3.14. The SMILES string of the molecule is O=C(O)c1ccc(SCc2nc(-c3ccco3)no2)cc1. The van der Waals surface area contributed by atoms with Crippen molar-refractivity contribution in [2.45, 2.75) is 10.6 Å². The van der Waals surface area contributed by atoms with Gasteiger partial charge in [-0.3, -0.25) is 0 Å². The Morgan fingerprint density at radius 1 is 1.24 bits per heavy atom. The average Bonchev–Trinajstić information content (AvgIpc) is 3.16. The quantitative estimate of drug-likeness (QED) is 0.723. The Morgan fingerprint density at radius 2 is 2.05 bits per heavy atom. The third-order valence-corrected chi connectivity index (χ3v) is 3.67.